The number of halogens is 1. The third kappa shape index (κ3) is 4.57. The number of rotatable bonds is 4. The molecule has 0 aromatic heterocycles. The minimum Gasteiger partial charge on any atom is -0.385 e. The van der Waals surface area contributed by atoms with Crippen LogP contribution in [0, 0.1) is 0 Å². The summed E-state index contributed by atoms with van der Waals surface area (Å²) >= 11 is 5.93. The van der Waals surface area contributed by atoms with Crippen molar-refractivity contribution in [2.45, 2.75) is 37.3 Å². The van der Waals surface area contributed by atoms with Gasteiger partial charge in [0, 0.05) is 24.5 Å². The second-order valence-corrected chi connectivity index (χ2v) is 8.46. The molecule has 3 amide bonds. The summed E-state index contributed by atoms with van der Waals surface area (Å²) < 4.78 is 0. The second-order valence-electron chi connectivity index (χ2n) is 8.02. The van der Waals surface area contributed by atoms with Crippen LogP contribution in [-0.2, 0) is 15.2 Å². The summed E-state index contributed by atoms with van der Waals surface area (Å²) in [6.07, 6.45) is 1.20. The van der Waals surface area contributed by atoms with Gasteiger partial charge in [-0.05, 0) is 49.1 Å². The monoisotopic (exact) mass is 441 g/mol. The van der Waals surface area contributed by atoms with Crippen LogP contribution in [0.25, 0.3) is 0 Å². The normalized spacial score (nSPS) is 20.3. The zero-order valence-electron chi connectivity index (χ0n) is 16.9. The first-order valence-corrected chi connectivity index (χ1v) is 10.7. The van der Waals surface area contributed by atoms with E-state index in [1.54, 1.807) is 41.3 Å². The summed E-state index contributed by atoms with van der Waals surface area (Å²) in [6.45, 7) is 0.846. The molecule has 0 bridgehead atoms. The Morgan fingerprint density at radius 2 is 1.77 bits per heavy atom. The van der Waals surface area contributed by atoms with E-state index in [0.29, 0.717) is 42.2 Å². The second kappa shape index (κ2) is 8.69. The Balaban J connectivity index is 1.32. The van der Waals surface area contributed by atoms with Gasteiger partial charge >= 0.3 is 0 Å². The lowest BCUT2D eigenvalue weighted by Gasteiger charge is -2.38. The summed E-state index contributed by atoms with van der Waals surface area (Å²) in [7, 11) is 0. The van der Waals surface area contributed by atoms with E-state index in [1.807, 2.05) is 12.1 Å². The van der Waals surface area contributed by atoms with Gasteiger partial charge in [0.05, 0.1) is 16.9 Å². The highest BCUT2D eigenvalue weighted by molar-refractivity contribution is 6.30. The van der Waals surface area contributed by atoms with Crippen molar-refractivity contribution in [2.24, 2.45) is 0 Å². The zero-order valence-corrected chi connectivity index (χ0v) is 17.7. The first-order valence-electron chi connectivity index (χ1n) is 10.3. The molecular formula is C23H24ClN3O4. The Kier molecular flexibility index (Phi) is 5.98. The molecule has 0 radical (unpaired) electrons. The quantitative estimate of drug-likeness (QED) is 0.679. The van der Waals surface area contributed by atoms with Gasteiger partial charge in [0.15, 0.2) is 0 Å². The molecule has 31 heavy (non-hydrogen) atoms. The lowest BCUT2D eigenvalue weighted by molar-refractivity contribution is -0.136. The number of likely N-dealkylation sites (tertiary alicyclic amines) is 1. The molecule has 2 aliphatic heterocycles. The molecular weight excluding hydrogens is 418 g/mol. The number of carbonyl (C=O) groups is 3. The van der Waals surface area contributed by atoms with Crippen LogP contribution < -0.4 is 10.6 Å². The van der Waals surface area contributed by atoms with Crippen molar-refractivity contribution in [2.75, 3.05) is 18.4 Å². The maximum Gasteiger partial charge on any atom is 0.254 e. The molecule has 1 fully saturated rings. The van der Waals surface area contributed by atoms with Gasteiger partial charge < -0.3 is 20.6 Å². The van der Waals surface area contributed by atoms with Crippen LogP contribution in [0.3, 0.4) is 0 Å². The Bertz CT molecular complexity index is 1000. The summed E-state index contributed by atoms with van der Waals surface area (Å²) in [5, 5.41) is 17.0. The van der Waals surface area contributed by atoms with Crippen molar-refractivity contribution in [1.29, 1.82) is 0 Å². The van der Waals surface area contributed by atoms with Crippen LogP contribution in [0.2, 0.25) is 5.02 Å². The fourth-order valence-corrected chi connectivity index (χ4v) is 4.24. The van der Waals surface area contributed by atoms with Gasteiger partial charge in [-0.15, -0.1) is 0 Å². The van der Waals surface area contributed by atoms with Gasteiger partial charge in [0.25, 0.3) is 5.91 Å². The standard InChI is InChI=1S/C23H24ClN3O4/c24-16-7-5-15(6-8-16)23(31)11-13-27(14-12-23)20(28)10-9-19-22(30)25-18-4-2-1-3-17(18)21(29)26-19/h1-8,19,31H,9-14H2,(H,25,30)(H,26,29). The Morgan fingerprint density at radius 3 is 2.48 bits per heavy atom. The van der Waals surface area contributed by atoms with Crippen LogP contribution >= 0.6 is 11.6 Å². The molecule has 8 heteroatoms. The molecule has 4 rings (SSSR count). The highest BCUT2D eigenvalue weighted by Crippen LogP contribution is 2.33. The first-order chi connectivity index (χ1) is 14.9. The number of carbonyl (C=O) groups excluding carboxylic acids is 3. The Hall–Kier alpha value is -2.90. The molecule has 2 aliphatic rings. The van der Waals surface area contributed by atoms with Crippen molar-refractivity contribution >= 4 is 35.0 Å². The molecule has 162 valence electrons. The van der Waals surface area contributed by atoms with Crippen LogP contribution in [0.1, 0.15) is 41.6 Å². The van der Waals surface area contributed by atoms with Crippen LogP contribution in [0.4, 0.5) is 5.69 Å². The molecule has 1 saturated heterocycles. The summed E-state index contributed by atoms with van der Waals surface area (Å²) in [6, 6.07) is 13.1. The average molecular weight is 442 g/mol. The fourth-order valence-electron chi connectivity index (χ4n) is 4.12. The van der Waals surface area contributed by atoms with E-state index in [4.69, 9.17) is 11.6 Å². The summed E-state index contributed by atoms with van der Waals surface area (Å²) in [5.74, 6) is -0.763. The fraction of sp³-hybridized carbons (Fsp3) is 0.348. The lowest BCUT2D eigenvalue weighted by Crippen LogP contribution is -2.46. The number of para-hydroxylation sites is 1. The van der Waals surface area contributed by atoms with Gasteiger partial charge in [-0.25, -0.2) is 0 Å². The molecule has 0 spiro atoms. The number of piperidine rings is 1. The minimum atomic E-state index is -0.984. The van der Waals surface area contributed by atoms with Crippen LogP contribution in [0.5, 0.6) is 0 Å². The van der Waals surface area contributed by atoms with Crippen molar-refractivity contribution in [3.63, 3.8) is 0 Å². The molecule has 2 aromatic carbocycles. The number of hydrogen-bond donors (Lipinski definition) is 3. The number of nitrogens with zero attached hydrogens (tertiary/aromatic N) is 1. The topological polar surface area (TPSA) is 98.7 Å². The SMILES string of the molecule is O=C1NC(CCC(=O)N2CCC(O)(c3ccc(Cl)cc3)CC2)C(=O)Nc2ccccc21. The number of benzene rings is 2. The largest absolute Gasteiger partial charge is 0.385 e. The smallest absolute Gasteiger partial charge is 0.254 e. The van der Waals surface area contributed by atoms with E-state index in [9.17, 15) is 19.5 Å². The summed E-state index contributed by atoms with van der Waals surface area (Å²) in [4.78, 5) is 39.3. The molecule has 7 nitrogen and oxygen atoms in total. The molecule has 1 atom stereocenters. The number of nitrogens with one attached hydrogen (secondary N) is 2. The molecule has 2 heterocycles. The van der Waals surface area contributed by atoms with Gasteiger partial charge in [-0.2, -0.15) is 0 Å². The predicted molar refractivity (Wildman–Crippen MR) is 117 cm³/mol. The highest BCUT2D eigenvalue weighted by atomic mass is 35.5. The molecule has 3 N–H and O–H groups in total. The lowest BCUT2D eigenvalue weighted by atomic mass is 9.84. The third-order valence-electron chi connectivity index (χ3n) is 6.02. The van der Waals surface area contributed by atoms with Gasteiger partial charge in [-0.1, -0.05) is 35.9 Å². The molecule has 1 unspecified atom stereocenters. The maximum absolute atomic E-state index is 12.7. The average Bonchev–Trinajstić information content (AvgIpc) is 2.89. The van der Waals surface area contributed by atoms with Gasteiger partial charge in [0.1, 0.15) is 6.04 Å². The van der Waals surface area contributed by atoms with Crippen molar-refractivity contribution in [3.05, 3.63) is 64.7 Å². The zero-order chi connectivity index (χ0) is 22.0. The molecule has 0 saturated carbocycles. The third-order valence-corrected chi connectivity index (χ3v) is 6.28. The molecule has 0 aliphatic carbocycles. The number of amides is 3. The minimum absolute atomic E-state index is 0.0954. The van der Waals surface area contributed by atoms with E-state index in [0.717, 1.165) is 5.56 Å². The van der Waals surface area contributed by atoms with E-state index in [2.05, 4.69) is 10.6 Å². The van der Waals surface area contributed by atoms with E-state index in [-0.39, 0.29) is 30.6 Å². The number of anilines is 1. The van der Waals surface area contributed by atoms with E-state index >= 15 is 0 Å². The Morgan fingerprint density at radius 1 is 1.10 bits per heavy atom. The highest BCUT2D eigenvalue weighted by Gasteiger charge is 2.36. The van der Waals surface area contributed by atoms with E-state index in [1.165, 1.54) is 0 Å². The first kappa shape index (κ1) is 21.3. The van der Waals surface area contributed by atoms with Crippen molar-refractivity contribution < 1.29 is 19.5 Å². The van der Waals surface area contributed by atoms with Crippen LogP contribution in [0.15, 0.2) is 48.5 Å². The van der Waals surface area contributed by atoms with Gasteiger partial charge in [-0.3, -0.25) is 14.4 Å². The van der Waals surface area contributed by atoms with Crippen molar-refractivity contribution in [3.8, 4) is 0 Å². The van der Waals surface area contributed by atoms with E-state index < -0.39 is 11.6 Å². The van der Waals surface area contributed by atoms with Gasteiger partial charge in [0.2, 0.25) is 11.8 Å². The van der Waals surface area contributed by atoms with Crippen LogP contribution in [-0.4, -0.2) is 46.9 Å². The maximum atomic E-state index is 12.7. The predicted octanol–water partition coefficient (Wildman–Crippen LogP) is 2.68. The number of hydrogen-bond acceptors (Lipinski definition) is 4. The van der Waals surface area contributed by atoms with Crippen molar-refractivity contribution in [1.82, 2.24) is 10.2 Å². The summed E-state index contributed by atoms with van der Waals surface area (Å²) in [5.41, 5.74) is 0.683. The Labute approximate surface area is 185 Å². The molecule has 2 aromatic rings. The number of aliphatic hydroxyl groups is 1. The number of fused-ring (bicyclic) bond motifs is 1.